The fourth-order valence-corrected chi connectivity index (χ4v) is 1.37. The lowest BCUT2D eigenvalue weighted by molar-refractivity contribution is 0.238. The summed E-state index contributed by atoms with van der Waals surface area (Å²) in [7, 11) is 0. The lowest BCUT2D eigenvalue weighted by Crippen LogP contribution is -2.43. The quantitative estimate of drug-likeness (QED) is 0.776. The summed E-state index contributed by atoms with van der Waals surface area (Å²) >= 11 is 5.76. The van der Waals surface area contributed by atoms with Gasteiger partial charge in [0.15, 0.2) is 0 Å². The Hall–Kier alpha value is -1.22. The Bertz CT molecular complexity index is 332. The molecule has 4 heteroatoms. The number of hydrogen-bond acceptors (Lipinski definition) is 1. The van der Waals surface area contributed by atoms with Crippen molar-refractivity contribution in [2.24, 2.45) is 5.73 Å². The highest BCUT2D eigenvalue weighted by Crippen LogP contribution is 2.21. The molecule has 0 radical (unpaired) electrons. The van der Waals surface area contributed by atoms with Crippen LogP contribution in [-0.4, -0.2) is 6.03 Å². The van der Waals surface area contributed by atoms with Gasteiger partial charge in [-0.05, 0) is 31.5 Å². The van der Waals surface area contributed by atoms with Gasteiger partial charge in [-0.25, -0.2) is 4.79 Å². The standard InChI is InChI=1S/C10H13ClN2O/c1-10(2,13-9(12)14)7-3-5-8(11)6-4-7/h3-6H,1-2H3,(H3,12,13,14). The average Bonchev–Trinajstić information content (AvgIpc) is 2.02. The van der Waals surface area contributed by atoms with Crippen LogP contribution in [0.15, 0.2) is 24.3 Å². The second-order valence-corrected chi connectivity index (χ2v) is 4.06. The normalized spacial score (nSPS) is 11.1. The zero-order chi connectivity index (χ0) is 10.8. The smallest absolute Gasteiger partial charge is 0.312 e. The number of hydrogen-bond donors (Lipinski definition) is 2. The Labute approximate surface area is 88.2 Å². The van der Waals surface area contributed by atoms with Gasteiger partial charge in [-0.15, -0.1) is 0 Å². The number of nitrogens with one attached hydrogen (secondary N) is 1. The van der Waals surface area contributed by atoms with Crippen LogP contribution in [0.3, 0.4) is 0 Å². The maximum atomic E-state index is 10.7. The van der Waals surface area contributed by atoms with E-state index in [0.717, 1.165) is 5.56 Å². The molecule has 3 N–H and O–H groups in total. The first-order valence-corrected chi connectivity index (χ1v) is 4.63. The van der Waals surface area contributed by atoms with Gasteiger partial charge in [0.05, 0.1) is 5.54 Å². The molecule has 3 nitrogen and oxygen atoms in total. The second-order valence-electron chi connectivity index (χ2n) is 3.62. The van der Waals surface area contributed by atoms with E-state index in [4.69, 9.17) is 17.3 Å². The molecule has 0 spiro atoms. The van der Waals surface area contributed by atoms with E-state index in [1.165, 1.54) is 0 Å². The van der Waals surface area contributed by atoms with Crippen LogP contribution in [-0.2, 0) is 5.54 Å². The highest BCUT2D eigenvalue weighted by atomic mass is 35.5. The molecule has 1 aromatic carbocycles. The summed E-state index contributed by atoms with van der Waals surface area (Å²) in [5.41, 5.74) is 5.55. The number of urea groups is 1. The number of amides is 2. The minimum atomic E-state index is -0.537. The number of nitrogens with two attached hydrogens (primary N) is 1. The van der Waals surface area contributed by atoms with Gasteiger partial charge >= 0.3 is 6.03 Å². The summed E-state index contributed by atoms with van der Waals surface area (Å²) < 4.78 is 0. The number of primary amides is 1. The molecule has 0 aliphatic heterocycles. The Morgan fingerprint density at radius 2 is 1.86 bits per heavy atom. The van der Waals surface area contributed by atoms with E-state index in [1.54, 1.807) is 12.1 Å². The van der Waals surface area contributed by atoms with E-state index < -0.39 is 11.6 Å². The van der Waals surface area contributed by atoms with Crippen molar-refractivity contribution in [1.82, 2.24) is 5.32 Å². The summed E-state index contributed by atoms with van der Waals surface area (Å²) in [6, 6.07) is 6.74. The summed E-state index contributed by atoms with van der Waals surface area (Å²) in [6.07, 6.45) is 0. The number of benzene rings is 1. The molecular weight excluding hydrogens is 200 g/mol. The van der Waals surface area contributed by atoms with E-state index in [-0.39, 0.29) is 0 Å². The summed E-state index contributed by atoms with van der Waals surface area (Å²) in [5.74, 6) is 0. The zero-order valence-electron chi connectivity index (χ0n) is 8.17. The summed E-state index contributed by atoms with van der Waals surface area (Å²) in [4.78, 5) is 10.7. The van der Waals surface area contributed by atoms with E-state index >= 15 is 0 Å². The predicted molar refractivity (Wildman–Crippen MR) is 57.2 cm³/mol. The Morgan fingerprint density at radius 3 is 2.29 bits per heavy atom. The molecular formula is C10H13ClN2O. The van der Waals surface area contributed by atoms with E-state index in [9.17, 15) is 4.79 Å². The van der Waals surface area contributed by atoms with Gasteiger partial charge in [-0.2, -0.15) is 0 Å². The first-order valence-electron chi connectivity index (χ1n) is 4.25. The van der Waals surface area contributed by atoms with Crippen LogP contribution >= 0.6 is 11.6 Å². The van der Waals surface area contributed by atoms with Crippen LogP contribution in [0.1, 0.15) is 19.4 Å². The van der Waals surface area contributed by atoms with Crippen molar-refractivity contribution in [1.29, 1.82) is 0 Å². The van der Waals surface area contributed by atoms with Crippen LogP contribution in [0.25, 0.3) is 0 Å². The highest BCUT2D eigenvalue weighted by molar-refractivity contribution is 6.30. The lowest BCUT2D eigenvalue weighted by atomic mass is 9.95. The maximum absolute atomic E-state index is 10.7. The molecule has 0 heterocycles. The fourth-order valence-electron chi connectivity index (χ4n) is 1.25. The Kier molecular flexibility index (Phi) is 3.01. The molecule has 0 atom stereocenters. The zero-order valence-corrected chi connectivity index (χ0v) is 8.93. The van der Waals surface area contributed by atoms with Gasteiger partial charge in [-0.3, -0.25) is 0 Å². The third kappa shape index (κ3) is 2.64. The summed E-state index contributed by atoms with van der Waals surface area (Å²) in [6.45, 7) is 3.75. The van der Waals surface area contributed by atoms with Crippen molar-refractivity contribution in [3.63, 3.8) is 0 Å². The van der Waals surface area contributed by atoms with Gasteiger partial charge < -0.3 is 11.1 Å². The van der Waals surface area contributed by atoms with Crippen LogP contribution < -0.4 is 11.1 Å². The predicted octanol–water partition coefficient (Wildman–Crippen LogP) is 2.24. The van der Waals surface area contributed by atoms with E-state index in [0.29, 0.717) is 5.02 Å². The molecule has 14 heavy (non-hydrogen) atoms. The van der Waals surface area contributed by atoms with Gasteiger partial charge in [0, 0.05) is 5.02 Å². The Balaban J connectivity index is 2.91. The molecule has 0 bridgehead atoms. The molecule has 0 saturated carbocycles. The summed E-state index contributed by atoms with van der Waals surface area (Å²) in [5, 5.41) is 3.32. The highest BCUT2D eigenvalue weighted by Gasteiger charge is 2.21. The molecule has 1 rings (SSSR count). The minimum absolute atomic E-state index is 0.476. The van der Waals surface area contributed by atoms with Crippen molar-refractivity contribution in [2.45, 2.75) is 19.4 Å². The van der Waals surface area contributed by atoms with Gasteiger partial charge in [0.1, 0.15) is 0 Å². The molecule has 1 aromatic rings. The SMILES string of the molecule is CC(C)(NC(N)=O)c1ccc(Cl)cc1. The number of rotatable bonds is 2. The molecule has 0 aliphatic carbocycles. The third-order valence-electron chi connectivity index (χ3n) is 2.00. The topological polar surface area (TPSA) is 55.1 Å². The number of carbonyl (C=O) groups excluding carboxylic acids is 1. The van der Waals surface area contributed by atoms with Gasteiger partial charge in [0.25, 0.3) is 0 Å². The van der Waals surface area contributed by atoms with Crippen molar-refractivity contribution in [3.05, 3.63) is 34.9 Å². The number of halogens is 1. The van der Waals surface area contributed by atoms with Gasteiger partial charge in [-0.1, -0.05) is 23.7 Å². The molecule has 0 aromatic heterocycles. The second kappa shape index (κ2) is 3.88. The molecule has 0 fully saturated rings. The van der Waals surface area contributed by atoms with Crippen LogP contribution in [0.2, 0.25) is 5.02 Å². The number of carbonyl (C=O) groups is 1. The molecule has 2 amide bonds. The van der Waals surface area contributed by atoms with Crippen LogP contribution in [0, 0.1) is 0 Å². The fraction of sp³-hybridized carbons (Fsp3) is 0.300. The van der Waals surface area contributed by atoms with Gasteiger partial charge in [0.2, 0.25) is 0 Å². The average molecular weight is 213 g/mol. The molecule has 0 saturated heterocycles. The molecule has 0 unspecified atom stereocenters. The first kappa shape index (κ1) is 10.9. The largest absolute Gasteiger partial charge is 0.352 e. The third-order valence-corrected chi connectivity index (χ3v) is 2.25. The van der Waals surface area contributed by atoms with Crippen LogP contribution in [0.4, 0.5) is 4.79 Å². The Morgan fingerprint density at radius 1 is 1.36 bits per heavy atom. The van der Waals surface area contributed by atoms with E-state index in [1.807, 2.05) is 26.0 Å². The lowest BCUT2D eigenvalue weighted by Gasteiger charge is -2.25. The van der Waals surface area contributed by atoms with Crippen LogP contribution in [0.5, 0.6) is 0 Å². The molecule has 0 aliphatic rings. The monoisotopic (exact) mass is 212 g/mol. The van der Waals surface area contributed by atoms with Crippen molar-refractivity contribution >= 4 is 17.6 Å². The maximum Gasteiger partial charge on any atom is 0.312 e. The van der Waals surface area contributed by atoms with Crippen molar-refractivity contribution in [2.75, 3.05) is 0 Å². The van der Waals surface area contributed by atoms with Crippen molar-refractivity contribution < 1.29 is 4.79 Å². The van der Waals surface area contributed by atoms with Crippen molar-refractivity contribution in [3.8, 4) is 0 Å². The van der Waals surface area contributed by atoms with E-state index in [2.05, 4.69) is 5.32 Å². The minimum Gasteiger partial charge on any atom is -0.352 e. The molecule has 76 valence electrons. The first-order chi connectivity index (χ1) is 6.42.